The quantitative estimate of drug-likeness (QED) is 0.650. The Morgan fingerprint density at radius 2 is 1.81 bits per heavy atom. The number of nitrogens with zero attached hydrogens (tertiary/aromatic N) is 1. The predicted octanol–water partition coefficient (Wildman–Crippen LogP) is 5.15. The van der Waals surface area contributed by atoms with Crippen LogP contribution in [0, 0.1) is 17.1 Å². The lowest BCUT2D eigenvalue weighted by atomic mass is 9.97. The molecule has 0 aromatic heterocycles. The molecule has 5 heteroatoms. The van der Waals surface area contributed by atoms with Gasteiger partial charge in [0.25, 0.3) is 0 Å². The summed E-state index contributed by atoms with van der Waals surface area (Å²) < 4.78 is 14.2. The molecule has 0 aliphatic rings. The molecule has 0 bridgehead atoms. The molecule has 0 saturated heterocycles. The maximum atomic E-state index is 14.2. The van der Waals surface area contributed by atoms with Crippen LogP contribution in [0.25, 0.3) is 11.1 Å². The van der Waals surface area contributed by atoms with E-state index in [1.54, 1.807) is 12.1 Å². The van der Waals surface area contributed by atoms with Gasteiger partial charge in [-0.05, 0) is 41.0 Å². The number of benzene rings is 3. The average molecular weight is 366 g/mol. The topological polar surface area (TPSA) is 61.1 Å². The van der Waals surface area contributed by atoms with Crippen LogP contribution in [0.1, 0.15) is 21.5 Å². The van der Waals surface area contributed by atoms with Crippen molar-refractivity contribution in [3.8, 4) is 22.9 Å². The van der Waals surface area contributed by atoms with Crippen LogP contribution in [0.3, 0.4) is 0 Å². The predicted molar refractivity (Wildman–Crippen MR) is 97.7 cm³/mol. The van der Waals surface area contributed by atoms with Crippen LogP contribution in [0.2, 0.25) is 5.02 Å². The molecule has 0 heterocycles. The number of ketones is 1. The largest absolute Gasteiger partial charge is 0.506 e. The van der Waals surface area contributed by atoms with Gasteiger partial charge in [0, 0.05) is 6.42 Å². The SMILES string of the molecule is N#Cc1cc(Cl)c(O)c(C(=O)Cc2cc(-c3ccccc3)ccc2F)c1. The summed E-state index contributed by atoms with van der Waals surface area (Å²) in [6.45, 7) is 0. The molecule has 0 fully saturated rings. The molecule has 0 saturated carbocycles. The van der Waals surface area contributed by atoms with Crippen LogP contribution in [-0.2, 0) is 6.42 Å². The zero-order valence-electron chi connectivity index (χ0n) is 13.5. The van der Waals surface area contributed by atoms with E-state index < -0.39 is 17.3 Å². The molecule has 26 heavy (non-hydrogen) atoms. The average Bonchev–Trinajstić information content (AvgIpc) is 2.66. The molecule has 0 atom stereocenters. The highest BCUT2D eigenvalue weighted by atomic mass is 35.5. The summed E-state index contributed by atoms with van der Waals surface area (Å²) in [6, 6.07) is 18.4. The van der Waals surface area contributed by atoms with Gasteiger partial charge in [-0.3, -0.25) is 4.79 Å². The van der Waals surface area contributed by atoms with E-state index in [4.69, 9.17) is 16.9 Å². The van der Waals surface area contributed by atoms with Gasteiger partial charge in [-0.15, -0.1) is 0 Å². The molecular formula is C21H13ClFNO2. The van der Waals surface area contributed by atoms with Gasteiger partial charge in [0.1, 0.15) is 11.6 Å². The lowest BCUT2D eigenvalue weighted by molar-refractivity contribution is 0.0989. The number of phenolic OH excluding ortho intramolecular Hbond substituents is 1. The van der Waals surface area contributed by atoms with E-state index >= 15 is 0 Å². The number of phenols is 1. The van der Waals surface area contributed by atoms with E-state index in [1.165, 1.54) is 18.2 Å². The van der Waals surface area contributed by atoms with Crippen molar-refractivity contribution in [2.75, 3.05) is 0 Å². The molecule has 3 nitrogen and oxygen atoms in total. The third-order valence-electron chi connectivity index (χ3n) is 4.00. The summed E-state index contributed by atoms with van der Waals surface area (Å²) in [5.74, 6) is -1.44. The van der Waals surface area contributed by atoms with E-state index in [0.717, 1.165) is 11.1 Å². The van der Waals surface area contributed by atoms with E-state index in [2.05, 4.69) is 0 Å². The zero-order chi connectivity index (χ0) is 18.7. The van der Waals surface area contributed by atoms with Crippen LogP contribution < -0.4 is 0 Å². The van der Waals surface area contributed by atoms with Crippen LogP contribution in [0.4, 0.5) is 4.39 Å². The Labute approximate surface area is 154 Å². The number of carbonyl (C=O) groups excluding carboxylic acids is 1. The van der Waals surface area contributed by atoms with Crippen LogP contribution in [0.5, 0.6) is 5.75 Å². The number of hydrogen-bond donors (Lipinski definition) is 1. The third-order valence-corrected chi connectivity index (χ3v) is 4.28. The van der Waals surface area contributed by atoms with E-state index in [0.29, 0.717) is 0 Å². The molecule has 0 spiro atoms. The highest BCUT2D eigenvalue weighted by Crippen LogP contribution is 2.30. The molecule has 3 aromatic carbocycles. The number of hydrogen-bond acceptors (Lipinski definition) is 3. The van der Waals surface area contributed by atoms with Crippen molar-refractivity contribution >= 4 is 17.4 Å². The second-order valence-electron chi connectivity index (χ2n) is 5.74. The molecule has 0 aliphatic heterocycles. The van der Waals surface area contributed by atoms with Crippen molar-refractivity contribution < 1.29 is 14.3 Å². The Bertz CT molecular complexity index is 1030. The molecule has 0 radical (unpaired) electrons. The molecule has 1 N–H and O–H groups in total. The summed E-state index contributed by atoms with van der Waals surface area (Å²) in [6.07, 6.45) is -0.259. The van der Waals surface area contributed by atoms with Crippen molar-refractivity contribution in [3.63, 3.8) is 0 Å². The first-order valence-corrected chi connectivity index (χ1v) is 8.17. The molecule has 128 valence electrons. The maximum absolute atomic E-state index is 14.2. The maximum Gasteiger partial charge on any atom is 0.171 e. The number of carbonyl (C=O) groups is 1. The number of aromatic hydroxyl groups is 1. The molecule has 0 unspecified atom stereocenters. The van der Waals surface area contributed by atoms with Gasteiger partial charge in [0.2, 0.25) is 0 Å². The zero-order valence-corrected chi connectivity index (χ0v) is 14.3. The highest BCUT2D eigenvalue weighted by molar-refractivity contribution is 6.32. The summed E-state index contributed by atoms with van der Waals surface area (Å²) in [7, 11) is 0. The first-order valence-electron chi connectivity index (χ1n) is 7.79. The van der Waals surface area contributed by atoms with Gasteiger partial charge in [-0.2, -0.15) is 5.26 Å². The molecule has 3 rings (SSSR count). The second-order valence-corrected chi connectivity index (χ2v) is 6.15. The van der Waals surface area contributed by atoms with Gasteiger partial charge in [0.15, 0.2) is 5.78 Å². The molecule has 3 aromatic rings. The fourth-order valence-electron chi connectivity index (χ4n) is 2.66. The number of halogens is 2. The highest BCUT2D eigenvalue weighted by Gasteiger charge is 2.18. The number of rotatable bonds is 4. The first kappa shape index (κ1) is 17.7. The Morgan fingerprint density at radius 1 is 1.08 bits per heavy atom. The number of Topliss-reactive ketones (excluding diaryl/α,β-unsaturated/α-hetero) is 1. The first-order chi connectivity index (χ1) is 12.5. The lowest BCUT2D eigenvalue weighted by Gasteiger charge is -2.09. The fraction of sp³-hybridized carbons (Fsp3) is 0.0476. The Kier molecular flexibility index (Phi) is 5.01. The van der Waals surface area contributed by atoms with Crippen molar-refractivity contribution in [2.24, 2.45) is 0 Å². The van der Waals surface area contributed by atoms with E-state index in [1.807, 2.05) is 36.4 Å². The Hall–Kier alpha value is -3.16. The minimum absolute atomic E-state index is 0.0918. The normalized spacial score (nSPS) is 10.3. The van der Waals surface area contributed by atoms with Gasteiger partial charge >= 0.3 is 0 Å². The van der Waals surface area contributed by atoms with Gasteiger partial charge < -0.3 is 5.11 Å². The van der Waals surface area contributed by atoms with E-state index in [-0.39, 0.29) is 28.1 Å². The van der Waals surface area contributed by atoms with Crippen molar-refractivity contribution in [2.45, 2.75) is 6.42 Å². The van der Waals surface area contributed by atoms with Gasteiger partial charge in [-0.25, -0.2) is 4.39 Å². The molecular weight excluding hydrogens is 353 g/mol. The summed E-state index contributed by atoms with van der Waals surface area (Å²) in [5, 5.41) is 18.9. The Morgan fingerprint density at radius 3 is 2.50 bits per heavy atom. The summed E-state index contributed by atoms with van der Waals surface area (Å²) in [4.78, 5) is 12.6. The van der Waals surface area contributed by atoms with Gasteiger partial charge in [0.05, 0.1) is 22.2 Å². The molecule has 0 amide bonds. The monoisotopic (exact) mass is 365 g/mol. The van der Waals surface area contributed by atoms with Crippen molar-refractivity contribution in [1.29, 1.82) is 5.26 Å². The van der Waals surface area contributed by atoms with Crippen LogP contribution in [0.15, 0.2) is 60.7 Å². The standard InChI is InChI=1S/C21H13ClFNO2/c22-18-9-13(12-24)8-17(21(18)26)20(25)11-16-10-15(6-7-19(16)23)14-4-2-1-3-5-14/h1-10,26H,11H2. The Balaban J connectivity index is 1.96. The summed E-state index contributed by atoms with van der Waals surface area (Å²) in [5.41, 5.74) is 1.93. The summed E-state index contributed by atoms with van der Waals surface area (Å²) >= 11 is 5.85. The van der Waals surface area contributed by atoms with Gasteiger partial charge in [-0.1, -0.05) is 48.0 Å². The number of nitriles is 1. The minimum atomic E-state index is -0.523. The van der Waals surface area contributed by atoms with Crippen molar-refractivity contribution in [3.05, 3.63) is 88.2 Å². The second kappa shape index (κ2) is 7.38. The van der Waals surface area contributed by atoms with Crippen molar-refractivity contribution in [1.82, 2.24) is 0 Å². The third kappa shape index (κ3) is 3.58. The van der Waals surface area contributed by atoms with Crippen LogP contribution in [-0.4, -0.2) is 10.9 Å². The smallest absolute Gasteiger partial charge is 0.171 e. The lowest BCUT2D eigenvalue weighted by Crippen LogP contribution is -2.06. The van der Waals surface area contributed by atoms with Crippen LogP contribution >= 0.6 is 11.6 Å². The molecule has 0 aliphatic carbocycles. The minimum Gasteiger partial charge on any atom is -0.506 e. The van der Waals surface area contributed by atoms with E-state index in [9.17, 15) is 14.3 Å². The fourth-order valence-corrected chi connectivity index (χ4v) is 2.88.